The van der Waals surface area contributed by atoms with Crippen LogP contribution in [0.15, 0.2) is 30.3 Å². The molecule has 1 aliphatic carbocycles. The molecule has 1 saturated heterocycles. The number of likely N-dealkylation sites (tertiary alicyclic amines) is 1. The van der Waals surface area contributed by atoms with E-state index in [1.165, 1.54) is 12.0 Å². The Morgan fingerprint density at radius 1 is 1.32 bits per heavy atom. The van der Waals surface area contributed by atoms with Gasteiger partial charge in [0.25, 0.3) is 0 Å². The van der Waals surface area contributed by atoms with Crippen LogP contribution in [0.25, 0.3) is 0 Å². The Kier molecular flexibility index (Phi) is 5.51. The summed E-state index contributed by atoms with van der Waals surface area (Å²) in [6.45, 7) is 3.72. The first kappa shape index (κ1) is 17.3. The predicted octanol–water partition coefficient (Wildman–Crippen LogP) is 3.02. The number of benzene rings is 1. The maximum atomic E-state index is 13.1. The Hall–Kier alpha value is -1.06. The quantitative estimate of drug-likeness (QED) is 0.926. The topological polar surface area (TPSA) is 46.3 Å². The van der Waals surface area contributed by atoms with E-state index >= 15 is 0 Å². The summed E-state index contributed by atoms with van der Waals surface area (Å²) < 4.78 is 0. The molecule has 2 N–H and O–H groups in total. The average Bonchev–Trinajstić information content (AvgIpc) is 2.84. The van der Waals surface area contributed by atoms with Crippen LogP contribution in [-0.4, -0.2) is 29.9 Å². The lowest BCUT2D eigenvalue weighted by Gasteiger charge is -2.44. The molecule has 1 aromatic carbocycles. The highest BCUT2D eigenvalue weighted by Crippen LogP contribution is 2.46. The summed E-state index contributed by atoms with van der Waals surface area (Å²) in [7, 11) is 0. The van der Waals surface area contributed by atoms with E-state index in [9.17, 15) is 4.79 Å². The standard InChI is InChI=1S/C18H26N2O.ClH/c1-14-10-16(12-19)13-20(14)17(21)18(8-5-9-18)11-15-6-3-2-4-7-15;/h2-4,6-7,14,16H,5,8-13,19H2,1H3;1H. The molecule has 3 rings (SSSR count). The lowest BCUT2D eigenvalue weighted by atomic mass is 9.64. The van der Waals surface area contributed by atoms with Crippen LogP contribution in [0.3, 0.4) is 0 Å². The van der Waals surface area contributed by atoms with Crippen LogP contribution in [0.1, 0.15) is 38.2 Å². The van der Waals surface area contributed by atoms with E-state index in [0.29, 0.717) is 24.4 Å². The van der Waals surface area contributed by atoms with Gasteiger partial charge in [0.05, 0.1) is 5.41 Å². The fraction of sp³-hybridized carbons (Fsp3) is 0.611. The number of hydrogen-bond acceptors (Lipinski definition) is 2. The Morgan fingerprint density at radius 2 is 2.00 bits per heavy atom. The zero-order chi connectivity index (χ0) is 14.9. The first-order valence-corrected chi connectivity index (χ1v) is 8.20. The second-order valence-electron chi connectivity index (χ2n) is 6.94. The molecule has 1 aromatic rings. The zero-order valence-corrected chi connectivity index (χ0v) is 14.1. The first-order valence-electron chi connectivity index (χ1n) is 8.20. The van der Waals surface area contributed by atoms with Gasteiger partial charge < -0.3 is 10.6 Å². The molecule has 122 valence electrons. The van der Waals surface area contributed by atoms with E-state index < -0.39 is 0 Å². The maximum absolute atomic E-state index is 13.1. The number of hydrogen-bond donors (Lipinski definition) is 1. The summed E-state index contributed by atoms with van der Waals surface area (Å²) >= 11 is 0. The number of carbonyl (C=O) groups is 1. The normalized spacial score (nSPS) is 26.2. The van der Waals surface area contributed by atoms with Crippen molar-refractivity contribution < 1.29 is 4.79 Å². The number of amides is 1. The molecule has 0 radical (unpaired) electrons. The van der Waals surface area contributed by atoms with E-state index in [1.54, 1.807) is 0 Å². The van der Waals surface area contributed by atoms with Gasteiger partial charge in [-0.25, -0.2) is 0 Å². The third-order valence-electron chi connectivity index (χ3n) is 5.41. The first-order chi connectivity index (χ1) is 10.1. The van der Waals surface area contributed by atoms with E-state index in [-0.39, 0.29) is 17.8 Å². The highest BCUT2D eigenvalue weighted by atomic mass is 35.5. The third-order valence-corrected chi connectivity index (χ3v) is 5.41. The fourth-order valence-electron chi connectivity index (χ4n) is 3.96. The molecule has 2 atom stereocenters. The van der Waals surface area contributed by atoms with Gasteiger partial charge in [0.1, 0.15) is 0 Å². The van der Waals surface area contributed by atoms with Crippen LogP contribution in [-0.2, 0) is 11.2 Å². The van der Waals surface area contributed by atoms with Crippen LogP contribution in [0, 0.1) is 11.3 Å². The number of rotatable bonds is 4. The average molecular weight is 323 g/mol. The van der Waals surface area contributed by atoms with Crippen molar-refractivity contribution in [2.24, 2.45) is 17.1 Å². The predicted molar refractivity (Wildman–Crippen MR) is 92.0 cm³/mol. The largest absolute Gasteiger partial charge is 0.339 e. The minimum Gasteiger partial charge on any atom is -0.339 e. The lowest BCUT2D eigenvalue weighted by Crippen LogP contribution is -2.50. The third kappa shape index (κ3) is 3.16. The van der Waals surface area contributed by atoms with Crippen LogP contribution in [0.5, 0.6) is 0 Å². The Balaban J connectivity index is 0.00000176. The summed E-state index contributed by atoms with van der Waals surface area (Å²) in [5.74, 6) is 0.860. The SMILES string of the molecule is CC1CC(CN)CN1C(=O)C1(Cc2ccccc2)CCC1.Cl. The molecule has 0 aromatic heterocycles. The summed E-state index contributed by atoms with van der Waals surface area (Å²) in [6.07, 6.45) is 5.21. The van der Waals surface area contributed by atoms with Crippen LogP contribution < -0.4 is 5.73 Å². The van der Waals surface area contributed by atoms with Crippen molar-refractivity contribution in [2.75, 3.05) is 13.1 Å². The molecule has 1 amide bonds. The van der Waals surface area contributed by atoms with E-state index in [4.69, 9.17) is 5.73 Å². The van der Waals surface area contributed by atoms with Gasteiger partial charge in [-0.05, 0) is 50.6 Å². The van der Waals surface area contributed by atoms with Crippen LogP contribution in [0.2, 0.25) is 0 Å². The molecule has 2 unspecified atom stereocenters. The molecule has 2 aliphatic rings. The number of nitrogens with two attached hydrogens (primary N) is 1. The molecule has 0 spiro atoms. The number of nitrogens with zero attached hydrogens (tertiary/aromatic N) is 1. The van der Waals surface area contributed by atoms with Gasteiger partial charge in [-0.2, -0.15) is 0 Å². The van der Waals surface area contributed by atoms with Gasteiger partial charge >= 0.3 is 0 Å². The zero-order valence-electron chi connectivity index (χ0n) is 13.3. The van der Waals surface area contributed by atoms with Gasteiger partial charge in [0.15, 0.2) is 0 Å². The monoisotopic (exact) mass is 322 g/mol. The summed E-state index contributed by atoms with van der Waals surface area (Å²) in [6, 6.07) is 10.8. The number of carbonyl (C=O) groups excluding carboxylic acids is 1. The minimum atomic E-state index is -0.140. The van der Waals surface area contributed by atoms with Crippen molar-refractivity contribution in [1.82, 2.24) is 4.90 Å². The second-order valence-corrected chi connectivity index (χ2v) is 6.94. The van der Waals surface area contributed by atoms with Crippen molar-refractivity contribution in [3.8, 4) is 0 Å². The van der Waals surface area contributed by atoms with Crippen molar-refractivity contribution in [3.63, 3.8) is 0 Å². The van der Waals surface area contributed by atoms with Gasteiger partial charge in [-0.15, -0.1) is 12.4 Å². The number of halogens is 1. The van der Waals surface area contributed by atoms with Crippen molar-refractivity contribution in [1.29, 1.82) is 0 Å². The smallest absolute Gasteiger partial charge is 0.229 e. The van der Waals surface area contributed by atoms with Crippen LogP contribution in [0.4, 0.5) is 0 Å². The molecular formula is C18H27ClN2O. The molecule has 3 nitrogen and oxygen atoms in total. The van der Waals surface area contributed by atoms with Gasteiger partial charge in [0, 0.05) is 12.6 Å². The highest BCUT2D eigenvalue weighted by molar-refractivity contribution is 5.85. The van der Waals surface area contributed by atoms with Gasteiger partial charge in [0.2, 0.25) is 5.91 Å². The molecule has 22 heavy (non-hydrogen) atoms. The van der Waals surface area contributed by atoms with Crippen molar-refractivity contribution >= 4 is 18.3 Å². The van der Waals surface area contributed by atoms with E-state index in [2.05, 4.69) is 36.1 Å². The molecular weight excluding hydrogens is 296 g/mol. The fourth-order valence-corrected chi connectivity index (χ4v) is 3.96. The van der Waals surface area contributed by atoms with Crippen molar-refractivity contribution in [3.05, 3.63) is 35.9 Å². The Labute approximate surface area is 139 Å². The molecule has 4 heteroatoms. The summed E-state index contributed by atoms with van der Waals surface area (Å²) in [5, 5.41) is 0. The van der Waals surface area contributed by atoms with Gasteiger partial charge in [-0.3, -0.25) is 4.79 Å². The highest BCUT2D eigenvalue weighted by Gasteiger charge is 2.48. The molecule has 0 bridgehead atoms. The summed E-state index contributed by atoms with van der Waals surface area (Å²) in [4.78, 5) is 15.2. The lowest BCUT2D eigenvalue weighted by molar-refractivity contribution is -0.148. The molecule has 1 heterocycles. The summed E-state index contributed by atoms with van der Waals surface area (Å²) in [5.41, 5.74) is 6.94. The molecule has 1 saturated carbocycles. The Bertz CT molecular complexity index is 501. The van der Waals surface area contributed by atoms with Crippen molar-refractivity contribution in [2.45, 2.75) is 45.1 Å². The molecule has 1 aliphatic heterocycles. The second kappa shape index (κ2) is 7.01. The Morgan fingerprint density at radius 3 is 2.50 bits per heavy atom. The maximum Gasteiger partial charge on any atom is 0.229 e. The molecule has 2 fully saturated rings. The van der Waals surface area contributed by atoms with E-state index in [1.807, 2.05) is 6.07 Å². The van der Waals surface area contributed by atoms with Gasteiger partial charge in [-0.1, -0.05) is 36.8 Å². The van der Waals surface area contributed by atoms with Crippen LogP contribution >= 0.6 is 12.4 Å². The minimum absolute atomic E-state index is 0. The van der Waals surface area contributed by atoms with E-state index in [0.717, 1.165) is 32.2 Å².